The standard InChI is InChI=1S/C16H21N5O2/c1-17-15-3-4-18-16(20-15)19-12-9-13(11-14(10-12)22-2)21-5-7-23-8-6-21/h3-4,9-11H,5-8H2,1-2H3,(H2,17,18,19,20). The van der Waals surface area contributed by atoms with Crippen LogP contribution in [0.15, 0.2) is 30.5 Å². The van der Waals surface area contributed by atoms with E-state index in [1.54, 1.807) is 13.3 Å². The number of aromatic nitrogens is 2. The van der Waals surface area contributed by atoms with Crippen LogP contribution in [-0.4, -0.2) is 50.4 Å². The van der Waals surface area contributed by atoms with Crippen LogP contribution in [0.5, 0.6) is 5.75 Å². The molecule has 3 rings (SSSR count). The molecule has 1 aliphatic heterocycles. The van der Waals surface area contributed by atoms with Gasteiger partial charge >= 0.3 is 0 Å². The molecule has 122 valence electrons. The summed E-state index contributed by atoms with van der Waals surface area (Å²) in [5.74, 6) is 2.10. The van der Waals surface area contributed by atoms with Crippen LogP contribution in [0.3, 0.4) is 0 Å². The first-order valence-corrected chi connectivity index (χ1v) is 7.58. The molecule has 0 amide bonds. The fraction of sp³-hybridized carbons (Fsp3) is 0.375. The highest BCUT2D eigenvalue weighted by Crippen LogP contribution is 2.29. The normalized spacial score (nSPS) is 14.4. The second-order valence-electron chi connectivity index (χ2n) is 5.16. The third-order valence-corrected chi connectivity index (χ3v) is 3.67. The number of nitrogens with one attached hydrogen (secondary N) is 2. The molecule has 0 saturated carbocycles. The number of rotatable bonds is 5. The van der Waals surface area contributed by atoms with Crippen molar-refractivity contribution in [1.29, 1.82) is 0 Å². The highest BCUT2D eigenvalue weighted by Gasteiger charge is 2.13. The number of methoxy groups -OCH3 is 1. The molecule has 1 saturated heterocycles. The van der Waals surface area contributed by atoms with E-state index < -0.39 is 0 Å². The number of nitrogens with zero attached hydrogens (tertiary/aromatic N) is 3. The van der Waals surface area contributed by atoms with E-state index in [1.165, 1.54) is 0 Å². The summed E-state index contributed by atoms with van der Waals surface area (Å²) in [6, 6.07) is 7.85. The molecule has 0 bridgehead atoms. The highest BCUT2D eigenvalue weighted by molar-refractivity contribution is 5.66. The van der Waals surface area contributed by atoms with Crippen LogP contribution in [0.2, 0.25) is 0 Å². The monoisotopic (exact) mass is 315 g/mol. The number of hydrogen-bond acceptors (Lipinski definition) is 7. The van der Waals surface area contributed by atoms with Crippen molar-refractivity contribution in [1.82, 2.24) is 9.97 Å². The van der Waals surface area contributed by atoms with Gasteiger partial charge in [-0.05, 0) is 12.1 Å². The largest absolute Gasteiger partial charge is 0.497 e. The van der Waals surface area contributed by atoms with E-state index in [9.17, 15) is 0 Å². The maximum Gasteiger partial charge on any atom is 0.229 e. The van der Waals surface area contributed by atoms with Gasteiger partial charge in [-0.2, -0.15) is 4.98 Å². The summed E-state index contributed by atoms with van der Waals surface area (Å²) in [6.45, 7) is 3.23. The van der Waals surface area contributed by atoms with Gasteiger partial charge in [0.25, 0.3) is 0 Å². The first kappa shape index (κ1) is 15.4. The molecular weight excluding hydrogens is 294 g/mol. The van der Waals surface area contributed by atoms with Crippen molar-refractivity contribution in [2.24, 2.45) is 0 Å². The zero-order valence-electron chi connectivity index (χ0n) is 13.4. The molecule has 0 atom stereocenters. The van der Waals surface area contributed by atoms with Crippen molar-refractivity contribution in [2.45, 2.75) is 0 Å². The molecule has 0 aliphatic carbocycles. The van der Waals surface area contributed by atoms with Gasteiger partial charge in [-0.15, -0.1) is 0 Å². The summed E-state index contributed by atoms with van der Waals surface area (Å²) in [5.41, 5.74) is 1.99. The topological polar surface area (TPSA) is 71.5 Å². The number of benzene rings is 1. The molecule has 2 N–H and O–H groups in total. The van der Waals surface area contributed by atoms with E-state index in [0.29, 0.717) is 5.95 Å². The Morgan fingerprint density at radius 2 is 2.04 bits per heavy atom. The van der Waals surface area contributed by atoms with Crippen LogP contribution in [-0.2, 0) is 4.74 Å². The maximum atomic E-state index is 5.42. The van der Waals surface area contributed by atoms with Crippen LogP contribution >= 0.6 is 0 Å². The van der Waals surface area contributed by atoms with Crippen LogP contribution in [0.4, 0.5) is 23.1 Å². The Morgan fingerprint density at radius 3 is 2.78 bits per heavy atom. The van der Waals surface area contributed by atoms with Crippen LogP contribution in [0.1, 0.15) is 0 Å². The number of morpholine rings is 1. The number of anilines is 4. The third-order valence-electron chi connectivity index (χ3n) is 3.67. The molecule has 0 unspecified atom stereocenters. The van der Waals surface area contributed by atoms with Crippen LogP contribution in [0.25, 0.3) is 0 Å². The van der Waals surface area contributed by atoms with Crippen LogP contribution in [0, 0.1) is 0 Å². The number of hydrogen-bond donors (Lipinski definition) is 2. The van der Waals surface area contributed by atoms with Gasteiger partial charge in [0.05, 0.1) is 20.3 Å². The molecule has 0 spiro atoms. The molecule has 7 heteroatoms. The van der Waals surface area contributed by atoms with Gasteiger partial charge in [0.2, 0.25) is 5.95 Å². The summed E-state index contributed by atoms with van der Waals surface area (Å²) in [6.07, 6.45) is 1.71. The van der Waals surface area contributed by atoms with Crippen molar-refractivity contribution in [3.63, 3.8) is 0 Å². The molecule has 7 nitrogen and oxygen atoms in total. The SMILES string of the molecule is CNc1ccnc(Nc2cc(OC)cc(N3CCOCC3)c2)n1. The summed E-state index contributed by atoms with van der Waals surface area (Å²) in [5, 5.41) is 6.23. The van der Waals surface area contributed by atoms with Crippen molar-refractivity contribution in [3.05, 3.63) is 30.5 Å². The van der Waals surface area contributed by atoms with Crippen molar-refractivity contribution in [3.8, 4) is 5.75 Å². The predicted octanol–water partition coefficient (Wildman–Crippen LogP) is 2.11. The van der Waals surface area contributed by atoms with Crippen molar-refractivity contribution < 1.29 is 9.47 Å². The molecule has 2 heterocycles. The lowest BCUT2D eigenvalue weighted by Gasteiger charge is -2.29. The van der Waals surface area contributed by atoms with Crippen LogP contribution < -0.4 is 20.3 Å². The third kappa shape index (κ3) is 3.81. The Hall–Kier alpha value is -2.54. The van der Waals surface area contributed by atoms with E-state index in [0.717, 1.165) is 49.2 Å². The lowest BCUT2D eigenvalue weighted by atomic mass is 10.2. The van der Waals surface area contributed by atoms with Gasteiger partial charge < -0.3 is 25.0 Å². The lowest BCUT2D eigenvalue weighted by Crippen LogP contribution is -2.36. The maximum absolute atomic E-state index is 5.42. The highest BCUT2D eigenvalue weighted by atomic mass is 16.5. The first-order chi connectivity index (χ1) is 11.3. The summed E-state index contributed by atoms with van der Waals surface area (Å²) in [4.78, 5) is 10.9. The fourth-order valence-corrected chi connectivity index (χ4v) is 2.46. The van der Waals surface area contributed by atoms with Gasteiger partial charge in [-0.25, -0.2) is 4.98 Å². The molecular formula is C16H21N5O2. The number of ether oxygens (including phenoxy) is 2. The van der Waals surface area contributed by atoms with Gasteiger partial charge in [-0.1, -0.05) is 0 Å². The molecule has 0 radical (unpaired) electrons. The van der Waals surface area contributed by atoms with Gasteiger partial charge in [0.15, 0.2) is 0 Å². The van der Waals surface area contributed by atoms with Gasteiger partial charge in [-0.3, -0.25) is 0 Å². The second-order valence-corrected chi connectivity index (χ2v) is 5.16. The minimum atomic E-state index is 0.540. The predicted molar refractivity (Wildman–Crippen MR) is 90.9 cm³/mol. The van der Waals surface area contributed by atoms with E-state index in [-0.39, 0.29) is 0 Å². The fourth-order valence-electron chi connectivity index (χ4n) is 2.46. The lowest BCUT2D eigenvalue weighted by molar-refractivity contribution is 0.122. The Bertz CT molecular complexity index is 659. The quantitative estimate of drug-likeness (QED) is 0.875. The average molecular weight is 315 g/mol. The summed E-state index contributed by atoms with van der Waals surface area (Å²) < 4.78 is 10.8. The summed E-state index contributed by atoms with van der Waals surface area (Å²) >= 11 is 0. The average Bonchev–Trinajstić information content (AvgIpc) is 2.62. The molecule has 2 aromatic rings. The van der Waals surface area contributed by atoms with E-state index >= 15 is 0 Å². The second kappa shape index (κ2) is 7.15. The van der Waals surface area contributed by atoms with E-state index in [2.05, 4.69) is 31.6 Å². The van der Waals surface area contributed by atoms with Crippen molar-refractivity contribution in [2.75, 3.05) is 56.0 Å². The zero-order chi connectivity index (χ0) is 16.1. The van der Waals surface area contributed by atoms with Crippen molar-refractivity contribution >= 4 is 23.1 Å². The minimum absolute atomic E-state index is 0.540. The smallest absolute Gasteiger partial charge is 0.229 e. The summed E-state index contributed by atoms with van der Waals surface area (Å²) in [7, 11) is 3.49. The molecule has 1 fully saturated rings. The minimum Gasteiger partial charge on any atom is -0.497 e. The Labute approximate surface area is 135 Å². The van der Waals surface area contributed by atoms with E-state index in [4.69, 9.17) is 9.47 Å². The molecule has 1 aromatic carbocycles. The Balaban J connectivity index is 1.85. The molecule has 1 aromatic heterocycles. The Morgan fingerprint density at radius 1 is 1.22 bits per heavy atom. The first-order valence-electron chi connectivity index (χ1n) is 7.58. The van der Waals surface area contributed by atoms with E-state index in [1.807, 2.05) is 25.2 Å². The van der Waals surface area contributed by atoms with Gasteiger partial charge in [0, 0.05) is 49.8 Å². The molecule has 23 heavy (non-hydrogen) atoms. The van der Waals surface area contributed by atoms with Gasteiger partial charge in [0.1, 0.15) is 11.6 Å². The zero-order valence-corrected chi connectivity index (χ0v) is 13.4. The Kier molecular flexibility index (Phi) is 4.77. The molecule has 1 aliphatic rings.